The van der Waals surface area contributed by atoms with Gasteiger partial charge in [-0.15, -0.1) is 11.3 Å². The van der Waals surface area contributed by atoms with Crippen molar-refractivity contribution in [3.63, 3.8) is 0 Å². The average Bonchev–Trinajstić information content (AvgIpc) is 2.67. The van der Waals surface area contributed by atoms with Gasteiger partial charge in [0.2, 0.25) is 0 Å². The summed E-state index contributed by atoms with van der Waals surface area (Å²) >= 11 is 14.3. The molecular formula is C9H6Br2ClN3S. The van der Waals surface area contributed by atoms with E-state index in [1.807, 2.05) is 6.07 Å². The van der Waals surface area contributed by atoms with Gasteiger partial charge in [0, 0.05) is 4.88 Å². The van der Waals surface area contributed by atoms with Crippen molar-refractivity contribution in [2.45, 2.75) is 6.54 Å². The van der Waals surface area contributed by atoms with Crippen LogP contribution in [-0.4, -0.2) is 9.97 Å². The van der Waals surface area contributed by atoms with Crippen LogP contribution in [0.25, 0.3) is 0 Å². The van der Waals surface area contributed by atoms with E-state index in [4.69, 9.17) is 11.6 Å². The van der Waals surface area contributed by atoms with Gasteiger partial charge in [0.05, 0.1) is 14.8 Å². The number of halogens is 3. The first-order valence-electron chi connectivity index (χ1n) is 4.31. The SMILES string of the molecule is Clc1ncnc(NCc2ccc(Br)s2)c1Br. The van der Waals surface area contributed by atoms with E-state index < -0.39 is 0 Å². The molecule has 0 saturated carbocycles. The fourth-order valence-electron chi connectivity index (χ4n) is 1.09. The van der Waals surface area contributed by atoms with Crippen LogP contribution in [0.2, 0.25) is 5.15 Å². The summed E-state index contributed by atoms with van der Waals surface area (Å²) in [6.45, 7) is 0.711. The first-order chi connectivity index (χ1) is 7.66. The fraction of sp³-hybridized carbons (Fsp3) is 0.111. The van der Waals surface area contributed by atoms with Crippen molar-refractivity contribution in [1.29, 1.82) is 0 Å². The molecule has 84 valence electrons. The number of thiophene rings is 1. The summed E-state index contributed by atoms with van der Waals surface area (Å²) in [5.41, 5.74) is 0. The van der Waals surface area contributed by atoms with E-state index >= 15 is 0 Å². The Kier molecular flexibility index (Phi) is 4.18. The molecule has 1 N–H and O–H groups in total. The van der Waals surface area contributed by atoms with Crippen LogP contribution in [0.15, 0.2) is 26.7 Å². The van der Waals surface area contributed by atoms with Crippen molar-refractivity contribution in [2.75, 3.05) is 5.32 Å². The molecule has 0 aromatic carbocycles. The Morgan fingerprint density at radius 3 is 2.81 bits per heavy atom. The minimum Gasteiger partial charge on any atom is -0.364 e. The molecule has 0 atom stereocenters. The van der Waals surface area contributed by atoms with Gasteiger partial charge in [-0.25, -0.2) is 9.97 Å². The highest BCUT2D eigenvalue weighted by Gasteiger charge is 2.06. The van der Waals surface area contributed by atoms with Crippen molar-refractivity contribution in [3.05, 3.63) is 36.7 Å². The summed E-state index contributed by atoms with van der Waals surface area (Å²) in [4.78, 5) is 9.18. The van der Waals surface area contributed by atoms with Gasteiger partial charge in [-0.3, -0.25) is 0 Å². The van der Waals surface area contributed by atoms with Crippen LogP contribution < -0.4 is 5.32 Å². The van der Waals surface area contributed by atoms with E-state index in [0.717, 1.165) is 3.79 Å². The van der Waals surface area contributed by atoms with Gasteiger partial charge < -0.3 is 5.32 Å². The van der Waals surface area contributed by atoms with Crippen molar-refractivity contribution in [1.82, 2.24) is 9.97 Å². The highest BCUT2D eigenvalue weighted by Crippen LogP contribution is 2.27. The lowest BCUT2D eigenvalue weighted by Gasteiger charge is -2.06. The largest absolute Gasteiger partial charge is 0.364 e. The molecule has 2 aromatic rings. The highest BCUT2D eigenvalue weighted by atomic mass is 79.9. The molecular weight excluding hydrogens is 377 g/mol. The van der Waals surface area contributed by atoms with Gasteiger partial charge in [-0.2, -0.15) is 0 Å². The maximum Gasteiger partial charge on any atom is 0.148 e. The van der Waals surface area contributed by atoms with Crippen molar-refractivity contribution in [3.8, 4) is 0 Å². The Morgan fingerprint density at radius 2 is 2.12 bits per heavy atom. The van der Waals surface area contributed by atoms with E-state index in [9.17, 15) is 0 Å². The van der Waals surface area contributed by atoms with Crippen molar-refractivity contribution in [2.24, 2.45) is 0 Å². The first kappa shape index (κ1) is 12.3. The number of nitrogens with zero attached hydrogens (tertiary/aromatic N) is 2. The topological polar surface area (TPSA) is 37.8 Å². The molecule has 0 spiro atoms. The summed E-state index contributed by atoms with van der Waals surface area (Å²) in [6, 6.07) is 4.07. The number of aromatic nitrogens is 2. The van der Waals surface area contributed by atoms with Gasteiger partial charge in [0.15, 0.2) is 0 Å². The molecule has 2 heterocycles. The van der Waals surface area contributed by atoms with Crippen LogP contribution in [0.5, 0.6) is 0 Å². The zero-order valence-corrected chi connectivity index (χ0v) is 12.6. The second-order valence-electron chi connectivity index (χ2n) is 2.89. The molecule has 0 bridgehead atoms. The Bertz CT molecular complexity index is 503. The molecule has 0 aliphatic carbocycles. The number of rotatable bonds is 3. The van der Waals surface area contributed by atoms with Crippen LogP contribution in [0, 0.1) is 0 Å². The predicted molar refractivity (Wildman–Crippen MR) is 74.1 cm³/mol. The van der Waals surface area contributed by atoms with Gasteiger partial charge >= 0.3 is 0 Å². The standard InChI is InChI=1S/C9H6Br2ClN3S/c10-6-2-1-5(16-6)3-13-9-7(11)8(12)14-4-15-9/h1-2,4H,3H2,(H,13,14,15). The molecule has 0 unspecified atom stereocenters. The second-order valence-corrected chi connectivity index (χ2v) is 6.59. The highest BCUT2D eigenvalue weighted by molar-refractivity contribution is 9.11. The zero-order valence-electron chi connectivity index (χ0n) is 7.88. The zero-order chi connectivity index (χ0) is 11.5. The minimum absolute atomic E-state index is 0.407. The summed E-state index contributed by atoms with van der Waals surface area (Å²) in [7, 11) is 0. The molecule has 0 saturated heterocycles. The number of nitrogens with one attached hydrogen (secondary N) is 1. The third-order valence-electron chi connectivity index (χ3n) is 1.81. The molecule has 3 nitrogen and oxygen atoms in total. The Hall–Kier alpha value is -0.170. The number of hydrogen-bond acceptors (Lipinski definition) is 4. The Balaban J connectivity index is 2.07. The van der Waals surface area contributed by atoms with E-state index in [-0.39, 0.29) is 0 Å². The van der Waals surface area contributed by atoms with Gasteiger partial charge in [-0.05, 0) is 44.0 Å². The molecule has 0 amide bonds. The first-order valence-corrected chi connectivity index (χ1v) is 7.09. The smallest absolute Gasteiger partial charge is 0.148 e. The molecule has 2 rings (SSSR count). The molecule has 16 heavy (non-hydrogen) atoms. The molecule has 2 aromatic heterocycles. The third kappa shape index (κ3) is 2.94. The Morgan fingerprint density at radius 1 is 1.31 bits per heavy atom. The normalized spacial score (nSPS) is 10.4. The summed E-state index contributed by atoms with van der Waals surface area (Å²) in [6.07, 6.45) is 1.43. The summed E-state index contributed by atoms with van der Waals surface area (Å²) in [5, 5.41) is 3.60. The predicted octanol–water partition coefficient (Wildman–Crippen LogP) is 4.33. The minimum atomic E-state index is 0.407. The van der Waals surface area contributed by atoms with Crippen LogP contribution in [0.1, 0.15) is 4.88 Å². The van der Waals surface area contributed by atoms with Gasteiger partial charge in [0.1, 0.15) is 17.3 Å². The van der Waals surface area contributed by atoms with Gasteiger partial charge in [-0.1, -0.05) is 11.6 Å². The molecule has 0 radical (unpaired) electrons. The summed E-state index contributed by atoms with van der Waals surface area (Å²) in [5.74, 6) is 0.699. The molecule has 7 heteroatoms. The van der Waals surface area contributed by atoms with E-state index in [1.165, 1.54) is 11.2 Å². The van der Waals surface area contributed by atoms with Gasteiger partial charge in [0.25, 0.3) is 0 Å². The lowest BCUT2D eigenvalue weighted by molar-refractivity contribution is 1.09. The fourth-order valence-corrected chi connectivity index (χ4v) is 2.99. The van der Waals surface area contributed by atoms with Crippen molar-refractivity contribution < 1.29 is 0 Å². The number of hydrogen-bond donors (Lipinski definition) is 1. The van der Waals surface area contributed by atoms with Crippen LogP contribution in [0.3, 0.4) is 0 Å². The average molecular weight is 383 g/mol. The third-order valence-corrected chi connectivity index (χ3v) is 4.70. The number of anilines is 1. The van der Waals surface area contributed by atoms with Crippen LogP contribution in [-0.2, 0) is 6.54 Å². The lowest BCUT2D eigenvalue weighted by Crippen LogP contribution is -2.01. The molecule has 0 aliphatic rings. The monoisotopic (exact) mass is 381 g/mol. The molecule has 0 aliphatic heterocycles. The van der Waals surface area contributed by atoms with E-state index in [0.29, 0.717) is 22.0 Å². The van der Waals surface area contributed by atoms with Crippen molar-refractivity contribution >= 4 is 60.6 Å². The lowest BCUT2D eigenvalue weighted by atomic mass is 10.4. The van der Waals surface area contributed by atoms with E-state index in [2.05, 4.69) is 53.2 Å². The van der Waals surface area contributed by atoms with Crippen LogP contribution >= 0.6 is 54.8 Å². The second kappa shape index (κ2) is 5.44. The summed E-state index contributed by atoms with van der Waals surface area (Å²) < 4.78 is 1.80. The maximum absolute atomic E-state index is 5.86. The van der Waals surface area contributed by atoms with Crippen LogP contribution in [0.4, 0.5) is 5.82 Å². The maximum atomic E-state index is 5.86. The van der Waals surface area contributed by atoms with E-state index in [1.54, 1.807) is 11.3 Å². The molecule has 0 fully saturated rings. The Labute approximate surface area is 119 Å². The quantitative estimate of drug-likeness (QED) is 0.802.